The van der Waals surface area contributed by atoms with E-state index < -0.39 is 12.0 Å². The fourth-order valence-corrected chi connectivity index (χ4v) is 0.486. The van der Waals surface area contributed by atoms with E-state index >= 15 is 0 Å². The van der Waals surface area contributed by atoms with Crippen molar-refractivity contribution in [2.75, 3.05) is 6.67 Å². The molecule has 6 nitrogen and oxygen atoms in total. The van der Waals surface area contributed by atoms with E-state index in [1.165, 1.54) is 0 Å². The lowest BCUT2D eigenvalue weighted by atomic mass is 10.0. The number of carboxylic acids is 1. The number of hydrogen-bond donors (Lipinski definition) is 3. The fraction of sp³-hybridized carbons (Fsp3) is 0.857. The van der Waals surface area contributed by atoms with E-state index in [1.807, 2.05) is 6.92 Å². The van der Waals surface area contributed by atoms with Crippen LogP contribution in [0.15, 0.2) is 5.11 Å². The smallest absolute Gasteiger partial charge is 0.187 e. The van der Waals surface area contributed by atoms with Crippen molar-refractivity contribution in [2.45, 2.75) is 26.3 Å². The van der Waals surface area contributed by atoms with Gasteiger partial charge in [0.05, 0.1) is 5.97 Å². The number of hydrogen-bond acceptors (Lipinski definition) is 5. The summed E-state index contributed by atoms with van der Waals surface area (Å²) in [6.45, 7) is 4.05. The second-order valence-corrected chi connectivity index (χ2v) is 2.61. The Morgan fingerprint density at radius 2 is 2.15 bits per heavy atom. The predicted octanol–water partition coefficient (Wildman–Crippen LogP) is -1.67. The highest BCUT2D eigenvalue weighted by molar-refractivity contribution is 5.71. The van der Waals surface area contributed by atoms with Gasteiger partial charge in [0.1, 0.15) is 0 Å². The molecule has 78 valence electrons. The molecule has 0 heterocycles. The van der Waals surface area contributed by atoms with E-state index in [2.05, 4.69) is 10.8 Å². The van der Waals surface area contributed by atoms with Crippen LogP contribution < -0.4 is 16.6 Å². The minimum Gasteiger partial charge on any atom is -0.548 e. The molecule has 6 heteroatoms. The summed E-state index contributed by atoms with van der Waals surface area (Å²) in [5.74, 6) is -1.15. The van der Waals surface area contributed by atoms with E-state index in [0.29, 0.717) is 6.67 Å². The van der Waals surface area contributed by atoms with Crippen molar-refractivity contribution in [3.8, 4) is 0 Å². The first-order chi connectivity index (χ1) is 6.01. The first-order valence-corrected chi connectivity index (χ1v) is 4.10. The number of quaternary nitrogens is 1. The van der Waals surface area contributed by atoms with Crippen molar-refractivity contribution in [3.05, 3.63) is 0 Å². The van der Waals surface area contributed by atoms with E-state index in [4.69, 9.17) is 11.3 Å². The van der Waals surface area contributed by atoms with Gasteiger partial charge in [-0.1, -0.05) is 20.3 Å². The lowest BCUT2D eigenvalue weighted by Crippen LogP contribution is -2.48. The second-order valence-electron chi connectivity index (χ2n) is 2.61. The van der Waals surface area contributed by atoms with Crippen molar-refractivity contribution >= 4 is 5.97 Å². The van der Waals surface area contributed by atoms with E-state index in [9.17, 15) is 9.90 Å². The monoisotopic (exact) mass is 190 g/mol. The van der Waals surface area contributed by atoms with Crippen molar-refractivity contribution in [3.63, 3.8) is 0 Å². The van der Waals surface area contributed by atoms with Crippen molar-refractivity contribution in [1.82, 2.24) is 0 Å². The SMILES string of the molecule is CC[C@@H](C)[C@H](N)C(=O)[O-].N=NC[NH3+]. The van der Waals surface area contributed by atoms with Crippen molar-refractivity contribution in [2.24, 2.45) is 16.8 Å². The highest BCUT2D eigenvalue weighted by atomic mass is 16.4. The predicted molar refractivity (Wildman–Crippen MR) is 45.3 cm³/mol. The van der Waals surface area contributed by atoms with Crippen LogP contribution in [-0.4, -0.2) is 18.7 Å². The molecule has 0 aliphatic heterocycles. The summed E-state index contributed by atoms with van der Waals surface area (Å²) in [6, 6.07) is -0.810. The normalized spacial score (nSPS) is 13.5. The Balaban J connectivity index is 0. The molecule has 0 aliphatic carbocycles. The van der Waals surface area contributed by atoms with Crippen LogP contribution in [0.3, 0.4) is 0 Å². The maximum atomic E-state index is 10.1. The molecule has 0 amide bonds. The Kier molecular flexibility index (Phi) is 10.1. The van der Waals surface area contributed by atoms with Crippen LogP contribution in [0.25, 0.3) is 0 Å². The minimum absolute atomic E-state index is 0.00926. The highest BCUT2D eigenvalue weighted by Gasteiger charge is 2.10. The van der Waals surface area contributed by atoms with Gasteiger partial charge in [-0.2, -0.15) is 0 Å². The molecule has 0 saturated heterocycles. The average Bonchev–Trinajstić information content (AvgIpc) is 2.15. The number of aliphatic carboxylic acids is 1. The molecular formula is C7H18N4O2. The number of nitrogens with two attached hydrogens (primary N) is 1. The van der Waals surface area contributed by atoms with Gasteiger partial charge in [-0.15, -0.1) is 5.11 Å². The van der Waals surface area contributed by atoms with Gasteiger partial charge in [0.15, 0.2) is 6.67 Å². The Bertz CT molecular complexity index is 151. The maximum absolute atomic E-state index is 10.1. The average molecular weight is 190 g/mol. The van der Waals surface area contributed by atoms with Gasteiger partial charge in [0.25, 0.3) is 0 Å². The van der Waals surface area contributed by atoms with Crippen molar-refractivity contribution in [1.29, 1.82) is 5.53 Å². The zero-order chi connectivity index (χ0) is 10.9. The summed E-state index contributed by atoms with van der Waals surface area (Å²) in [4.78, 5) is 10.1. The first kappa shape index (κ1) is 14.5. The number of rotatable bonds is 4. The standard InChI is InChI=1S/C6H13NO2.CH5N3/c1-3-4(2)5(7)6(8)9;2-1-4-3/h4-5H,3,7H2,1-2H3,(H,8,9);3H,1-2H2/t4-,5+;/m1./s1. The van der Waals surface area contributed by atoms with Crippen LogP contribution in [0.1, 0.15) is 20.3 Å². The minimum atomic E-state index is -1.16. The summed E-state index contributed by atoms with van der Waals surface area (Å²) in [5, 5.41) is 12.9. The highest BCUT2D eigenvalue weighted by Crippen LogP contribution is 2.03. The fourth-order valence-electron chi connectivity index (χ4n) is 0.486. The second kappa shape index (κ2) is 9.08. The number of carboxylic acid groups (broad SMARTS) is 1. The third kappa shape index (κ3) is 8.90. The number of carbonyl (C=O) groups is 1. The molecule has 0 aliphatic rings. The van der Waals surface area contributed by atoms with Gasteiger partial charge < -0.3 is 21.4 Å². The van der Waals surface area contributed by atoms with Crippen LogP contribution in [0.4, 0.5) is 0 Å². The third-order valence-corrected chi connectivity index (χ3v) is 1.64. The summed E-state index contributed by atoms with van der Waals surface area (Å²) in [5.41, 5.74) is 14.5. The number of nitrogens with one attached hydrogen (secondary N) is 1. The zero-order valence-corrected chi connectivity index (χ0v) is 8.12. The molecule has 0 spiro atoms. The summed E-state index contributed by atoms with van der Waals surface area (Å²) < 4.78 is 0. The van der Waals surface area contributed by atoms with Gasteiger partial charge in [-0.3, -0.25) is 0 Å². The summed E-state index contributed by atoms with van der Waals surface area (Å²) in [6.07, 6.45) is 0.773. The molecule has 2 atom stereocenters. The van der Waals surface area contributed by atoms with Gasteiger partial charge >= 0.3 is 0 Å². The van der Waals surface area contributed by atoms with Crippen LogP contribution in [0, 0.1) is 11.4 Å². The summed E-state index contributed by atoms with van der Waals surface area (Å²) >= 11 is 0. The van der Waals surface area contributed by atoms with Crippen LogP contribution in [-0.2, 0) is 4.79 Å². The van der Waals surface area contributed by atoms with E-state index in [1.54, 1.807) is 6.92 Å². The van der Waals surface area contributed by atoms with Crippen LogP contribution in [0.2, 0.25) is 0 Å². The molecule has 0 bridgehead atoms. The van der Waals surface area contributed by atoms with Crippen molar-refractivity contribution < 1.29 is 15.6 Å². The lowest BCUT2D eigenvalue weighted by Gasteiger charge is -2.18. The lowest BCUT2D eigenvalue weighted by molar-refractivity contribution is -0.366. The molecule has 0 rings (SSSR count). The molecule has 6 N–H and O–H groups in total. The Hall–Kier alpha value is -1.01. The summed E-state index contributed by atoms with van der Waals surface area (Å²) in [7, 11) is 0. The molecule has 0 fully saturated rings. The van der Waals surface area contributed by atoms with Crippen LogP contribution >= 0.6 is 0 Å². The Morgan fingerprint density at radius 3 is 2.23 bits per heavy atom. The van der Waals surface area contributed by atoms with Gasteiger partial charge in [0, 0.05) is 6.04 Å². The third-order valence-electron chi connectivity index (χ3n) is 1.64. The molecule has 0 aromatic rings. The Labute approximate surface area is 77.8 Å². The molecule has 0 unspecified atom stereocenters. The molecular weight excluding hydrogens is 172 g/mol. The zero-order valence-electron chi connectivity index (χ0n) is 8.12. The largest absolute Gasteiger partial charge is 0.548 e. The topological polar surface area (TPSA) is 130 Å². The first-order valence-electron chi connectivity index (χ1n) is 4.10. The molecule has 0 saturated carbocycles. The Morgan fingerprint density at radius 1 is 1.77 bits per heavy atom. The van der Waals surface area contributed by atoms with Gasteiger partial charge in [-0.05, 0) is 5.92 Å². The molecule has 0 radical (unpaired) electrons. The van der Waals surface area contributed by atoms with Gasteiger partial charge in [0.2, 0.25) is 0 Å². The van der Waals surface area contributed by atoms with E-state index in [-0.39, 0.29) is 5.92 Å². The maximum Gasteiger partial charge on any atom is 0.187 e. The number of carbonyl (C=O) groups excluding carboxylic acids is 1. The molecule has 13 heavy (non-hydrogen) atoms. The molecule has 0 aromatic carbocycles. The quantitative estimate of drug-likeness (QED) is 0.458. The van der Waals surface area contributed by atoms with E-state index in [0.717, 1.165) is 6.42 Å². The molecule has 0 aromatic heterocycles. The van der Waals surface area contributed by atoms with Gasteiger partial charge in [-0.25, -0.2) is 5.53 Å². The number of nitrogens with zero attached hydrogens (tertiary/aromatic N) is 1. The van der Waals surface area contributed by atoms with Crippen LogP contribution in [0.5, 0.6) is 0 Å².